The van der Waals surface area contributed by atoms with E-state index in [1.807, 2.05) is 7.05 Å². The molecule has 0 spiro atoms. The number of hydrogen-bond donors (Lipinski definition) is 1. The van der Waals surface area contributed by atoms with Crippen LogP contribution in [0.25, 0.3) is 0 Å². The number of carbonyl (C=O) groups excluding carboxylic acids is 1. The van der Waals surface area contributed by atoms with Gasteiger partial charge in [-0.15, -0.1) is 0 Å². The second-order valence-corrected chi connectivity index (χ2v) is 7.41. The lowest BCUT2D eigenvalue weighted by molar-refractivity contribution is 0.0747. The molecule has 1 aliphatic rings. The van der Waals surface area contributed by atoms with Gasteiger partial charge in [0.25, 0.3) is 5.91 Å². The maximum absolute atomic E-state index is 12.6. The summed E-state index contributed by atoms with van der Waals surface area (Å²) >= 11 is 3.23. The zero-order valence-corrected chi connectivity index (χ0v) is 14.6. The molecule has 1 aromatic heterocycles. The first-order valence-corrected chi connectivity index (χ1v) is 9.53. The van der Waals surface area contributed by atoms with Crippen molar-refractivity contribution < 1.29 is 4.79 Å². The summed E-state index contributed by atoms with van der Waals surface area (Å²) < 4.78 is 0. The fourth-order valence-corrected chi connectivity index (χ4v) is 3.96. The van der Waals surface area contributed by atoms with Gasteiger partial charge in [0.15, 0.2) is 5.13 Å². The van der Waals surface area contributed by atoms with Crippen molar-refractivity contribution in [1.82, 2.24) is 9.88 Å². The molecule has 118 valence electrons. The van der Waals surface area contributed by atoms with Crippen molar-refractivity contribution in [2.45, 2.75) is 32.2 Å². The molecule has 7 heteroatoms. The van der Waals surface area contributed by atoms with Gasteiger partial charge in [-0.2, -0.15) is 11.8 Å². The number of hydrogen-bond acceptors (Lipinski definition) is 6. The number of rotatable bonds is 6. The average molecular weight is 329 g/mol. The first kappa shape index (κ1) is 16.4. The van der Waals surface area contributed by atoms with Crippen LogP contribution in [0.5, 0.6) is 0 Å². The molecule has 1 amide bonds. The molecule has 0 aromatic carbocycles. The van der Waals surface area contributed by atoms with Crippen LogP contribution in [0.2, 0.25) is 0 Å². The predicted octanol–water partition coefficient (Wildman–Crippen LogP) is 2.54. The number of anilines is 2. The SMILES string of the molecule is CSCCC(C)N(C)C(=O)c1sc(N2CCCC2)nc1N. The minimum absolute atomic E-state index is 0.0101. The van der Waals surface area contributed by atoms with E-state index in [0.29, 0.717) is 10.7 Å². The number of aromatic nitrogens is 1. The number of nitrogens with two attached hydrogens (primary N) is 1. The predicted molar refractivity (Wildman–Crippen MR) is 92.5 cm³/mol. The Balaban J connectivity index is 2.07. The molecule has 1 saturated heterocycles. The number of nitrogen functional groups attached to an aromatic ring is 1. The van der Waals surface area contributed by atoms with Crippen molar-refractivity contribution in [3.05, 3.63) is 4.88 Å². The lowest BCUT2D eigenvalue weighted by atomic mass is 10.2. The Labute approximate surface area is 134 Å². The molecule has 2 heterocycles. The van der Waals surface area contributed by atoms with Crippen LogP contribution in [-0.4, -0.2) is 54.0 Å². The molecule has 2 rings (SSSR count). The smallest absolute Gasteiger partial charge is 0.267 e. The summed E-state index contributed by atoms with van der Waals surface area (Å²) in [5, 5.41) is 0.888. The van der Waals surface area contributed by atoms with Gasteiger partial charge in [0, 0.05) is 26.2 Å². The third-order valence-electron chi connectivity index (χ3n) is 3.93. The second-order valence-electron chi connectivity index (χ2n) is 5.45. The Hall–Kier alpha value is -0.950. The van der Waals surface area contributed by atoms with Gasteiger partial charge in [0.1, 0.15) is 10.7 Å². The van der Waals surface area contributed by atoms with E-state index >= 15 is 0 Å². The first-order valence-electron chi connectivity index (χ1n) is 7.32. The number of carbonyl (C=O) groups is 1. The van der Waals surface area contributed by atoms with E-state index in [-0.39, 0.29) is 11.9 Å². The van der Waals surface area contributed by atoms with E-state index in [9.17, 15) is 4.79 Å². The van der Waals surface area contributed by atoms with Crippen LogP contribution < -0.4 is 10.6 Å². The maximum Gasteiger partial charge on any atom is 0.267 e. The van der Waals surface area contributed by atoms with E-state index in [1.165, 1.54) is 24.2 Å². The minimum atomic E-state index is -0.0101. The van der Waals surface area contributed by atoms with Gasteiger partial charge in [-0.1, -0.05) is 11.3 Å². The Morgan fingerprint density at radius 2 is 2.19 bits per heavy atom. The van der Waals surface area contributed by atoms with Crippen LogP contribution in [0.15, 0.2) is 0 Å². The van der Waals surface area contributed by atoms with E-state index < -0.39 is 0 Å². The lowest BCUT2D eigenvalue weighted by Crippen LogP contribution is -2.35. The molecule has 5 nitrogen and oxygen atoms in total. The summed E-state index contributed by atoms with van der Waals surface area (Å²) in [6.45, 7) is 4.10. The standard InChI is InChI=1S/C14H24N4OS2/c1-10(6-9-20-3)17(2)13(19)11-12(15)16-14(21-11)18-7-4-5-8-18/h10H,4-9,15H2,1-3H3. The molecule has 1 aliphatic heterocycles. The van der Waals surface area contributed by atoms with Crippen LogP contribution in [0.4, 0.5) is 10.9 Å². The third-order valence-corrected chi connectivity index (χ3v) is 5.70. The summed E-state index contributed by atoms with van der Waals surface area (Å²) in [5.74, 6) is 1.41. The molecule has 1 fully saturated rings. The Bertz CT molecular complexity index is 485. The molecule has 0 saturated carbocycles. The molecule has 2 N–H and O–H groups in total. The van der Waals surface area contributed by atoms with Crippen LogP contribution in [0.1, 0.15) is 35.9 Å². The van der Waals surface area contributed by atoms with E-state index in [2.05, 4.69) is 23.1 Å². The molecular formula is C14H24N4OS2. The molecule has 1 aromatic rings. The molecule has 0 bridgehead atoms. The van der Waals surface area contributed by atoms with Crippen molar-refractivity contribution in [1.29, 1.82) is 0 Å². The van der Waals surface area contributed by atoms with Gasteiger partial charge in [0.05, 0.1) is 0 Å². The van der Waals surface area contributed by atoms with Crippen LogP contribution in [0.3, 0.4) is 0 Å². The normalized spacial score (nSPS) is 16.2. The minimum Gasteiger partial charge on any atom is -0.382 e. The Morgan fingerprint density at radius 1 is 1.52 bits per heavy atom. The van der Waals surface area contributed by atoms with Gasteiger partial charge in [0.2, 0.25) is 0 Å². The molecule has 0 aliphatic carbocycles. The van der Waals surface area contributed by atoms with Gasteiger partial charge >= 0.3 is 0 Å². The average Bonchev–Trinajstić information content (AvgIpc) is 3.12. The van der Waals surface area contributed by atoms with E-state index in [0.717, 1.165) is 30.4 Å². The lowest BCUT2D eigenvalue weighted by Gasteiger charge is -2.24. The van der Waals surface area contributed by atoms with Crippen LogP contribution in [-0.2, 0) is 0 Å². The molecule has 1 unspecified atom stereocenters. The molecule has 0 radical (unpaired) electrons. The van der Waals surface area contributed by atoms with Crippen molar-refractivity contribution in [2.24, 2.45) is 0 Å². The van der Waals surface area contributed by atoms with E-state index in [1.54, 1.807) is 16.7 Å². The second kappa shape index (κ2) is 7.35. The Morgan fingerprint density at radius 3 is 2.81 bits per heavy atom. The summed E-state index contributed by atoms with van der Waals surface area (Å²) in [5.41, 5.74) is 5.97. The quantitative estimate of drug-likeness (QED) is 0.869. The summed E-state index contributed by atoms with van der Waals surface area (Å²) in [7, 11) is 1.85. The first-order chi connectivity index (χ1) is 10.0. The number of thioether (sulfide) groups is 1. The van der Waals surface area contributed by atoms with Gasteiger partial charge < -0.3 is 15.5 Å². The fraction of sp³-hybridized carbons (Fsp3) is 0.714. The number of amides is 1. The maximum atomic E-state index is 12.6. The van der Waals surface area contributed by atoms with Crippen molar-refractivity contribution >= 4 is 40.0 Å². The van der Waals surface area contributed by atoms with Gasteiger partial charge in [-0.25, -0.2) is 4.98 Å². The van der Waals surface area contributed by atoms with Crippen LogP contribution >= 0.6 is 23.1 Å². The number of nitrogens with zero attached hydrogens (tertiary/aromatic N) is 3. The molecule has 21 heavy (non-hydrogen) atoms. The highest BCUT2D eigenvalue weighted by Crippen LogP contribution is 2.31. The molecule has 1 atom stereocenters. The molecular weight excluding hydrogens is 304 g/mol. The van der Waals surface area contributed by atoms with Crippen molar-refractivity contribution in [2.75, 3.05) is 42.8 Å². The van der Waals surface area contributed by atoms with Crippen molar-refractivity contribution in [3.8, 4) is 0 Å². The van der Waals surface area contributed by atoms with Crippen LogP contribution in [0, 0.1) is 0 Å². The topological polar surface area (TPSA) is 62.5 Å². The zero-order chi connectivity index (χ0) is 15.4. The highest BCUT2D eigenvalue weighted by molar-refractivity contribution is 7.98. The monoisotopic (exact) mass is 328 g/mol. The summed E-state index contributed by atoms with van der Waals surface area (Å²) in [6, 6.07) is 0.210. The zero-order valence-electron chi connectivity index (χ0n) is 13.0. The van der Waals surface area contributed by atoms with Crippen molar-refractivity contribution in [3.63, 3.8) is 0 Å². The fourth-order valence-electron chi connectivity index (χ4n) is 2.36. The third kappa shape index (κ3) is 3.83. The number of thiazole rings is 1. The highest BCUT2D eigenvalue weighted by Gasteiger charge is 2.25. The summed E-state index contributed by atoms with van der Waals surface area (Å²) in [4.78, 5) is 21.6. The van der Waals surface area contributed by atoms with Gasteiger partial charge in [-0.05, 0) is 38.2 Å². The van der Waals surface area contributed by atoms with E-state index in [4.69, 9.17) is 5.73 Å². The Kier molecular flexibility index (Phi) is 5.75. The van der Waals surface area contributed by atoms with Gasteiger partial charge in [-0.3, -0.25) is 4.79 Å². The highest BCUT2D eigenvalue weighted by atomic mass is 32.2. The largest absolute Gasteiger partial charge is 0.382 e. The summed E-state index contributed by atoms with van der Waals surface area (Å²) in [6.07, 6.45) is 5.45.